The number of aliphatic hydroxyl groups is 1. The van der Waals surface area contributed by atoms with E-state index in [1.807, 2.05) is 155 Å². The molecule has 0 radical (unpaired) electrons. The Balaban J connectivity index is 0.000000377. The molecule has 0 aromatic heterocycles. The second kappa shape index (κ2) is 56.2. The van der Waals surface area contributed by atoms with Gasteiger partial charge in [-0.15, -0.1) is 0 Å². The van der Waals surface area contributed by atoms with Crippen LogP contribution < -0.4 is 51.2 Å². The van der Waals surface area contributed by atoms with E-state index in [2.05, 4.69) is 131 Å². The van der Waals surface area contributed by atoms with Gasteiger partial charge in [0.2, 0.25) is 0 Å². The molecule has 9 aromatic carbocycles. The van der Waals surface area contributed by atoms with Crippen LogP contribution in [-0.2, 0) is 102 Å². The Kier molecular flexibility index (Phi) is 48.7. The number of carbonyl (C=O) groups is 6. The number of nitrogens with one attached hydrogen (secondary N) is 5. The van der Waals surface area contributed by atoms with E-state index in [9.17, 15) is 36.0 Å². The number of halogens is 1. The van der Waals surface area contributed by atoms with E-state index in [-0.39, 0.29) is 90.6 Å². The van der Waals surface area contributed by atoms with Crippen LogP contribution in [0.4, 0.5) is 14.4 Å². The van der Waals surface area contributed by atoms with E-state index in [4.69, 9.17) is 69.2 Å². The summed E-state index contributed by atoms with van der Waals surface area (Å²) in [5.41, 5.74) is 23.8. The second-order valence-electron chi connectivity index (χ2n) is 33.3. The molecule has 9 aromatic rings. The Morgan fingerprint density at radius 3 is 1.12 bits per heavy atom. The maximum atomic E-state index is 12.1. The van der Waals surface area contributed by atoms with Gasteiger partial charge in [0.25, 0.3) is 32.1 Å². The van der Waals surface area contributed by atoms with Crippen molar-refractivity contribution in [2.45, 2.75) is 211 Å². The molecule has 694 valence electrons. The van der Waals surface area contributed by atoms with Crippen LogP contribution in [-0.4, -0.2) is 156 Å². The minimum Gasteiger partial charge on any atom is -1.00 e. The summed E-state index contributed by atoms with van der Waals surface area (Å²) < 4.78 is 77.6. The molecular formula is C99H131AlClLiN6O19S2. The van der Waals surface area contributed by atoms with E-state index >= 15 is 0 Å². The molecule has 0 heterocycles. The van der Waals surface area contributed by atoms with Crippen LogP contribution >= 0.6 is 10.7 Å². The second-order valence-corrected chi connectivity index (χ2v) is 37.4. The largest absolute Gasteiger partial charge is 1.00 e. The molecule has 0 aliphatic heterocycles. The number of ketones is 1. The average molecular weight is 1840 g/mol. The van der Waals surface area contributed by atoms with Gasteiger partial charge in [-0.05, 0) is 205 Å². The third-order valence-corrected chi connectivity index (χ3v) is 22.4. The molecule has 30 heteroatoms. The number of alkyl carbamates (subject to hydrolysis) is 3. The van der Waals surface area contributed by atoms with Crippen LogP contribution in [0.1, 0.15) is 221 Å². The first-order chi connectivity index (χ1) is 60.3. The van der Waals surface area contributed by atoms with Gasteiger partial charge < -0.3 is 72.7 Å². The Labute approximate surface area is 790 Å². The van der Waals surface area contributed by atoms with Gasteiger partial charge >= 0.3 is 37.1 Å². The van der Waals surface area contributed by atoms with Crippen molar-refractivity contribution in [1.29, 1.82) is 0 Å². The van der Waals surface area contributed by atoms with Gasteiger partial charge in [-0.3, -0.25) is 18.6 Å². The number of hydrogen-bond acceptors (Lipinski definition) is 20. The number of hydrogen-bond donors (Lipinski definition) is 9. The molecule has 0 bridgehead atoms. The molecule has 10 N–H and O–H groups in total. The normalized spacial score (nSPS) is 16.1. The number of carbonyl (C=O) groups excluding carboxylic acids is 4. The number of rotatable bonds is 20. The van der Waals surface area contributed by atoms with Crippen molar-refractivity contribution in [3.05, 3.63) is 307 Å². The molecule has 0 saturated heterocycles. The predicted molar refractivity (Wildman–Crippen MR) is 506 cm³/mol. The average Bonchev–Trinajstić information content (AvgIpc) is 0.777. The van der Waals surface area contributed by atoms with E-state index < -0.39 is 48.2 Å². The van der Waals surface area contributed by atoms with Crippen molar-refractivity contribution in [1.82, 2.24) is 26.6 Å². The third kappa shape index (κ3) is 39.6. The number of aliphatic hydroxyl groups excluding tert-OH is 1. The maximum Gasteiger partial charge on any atom is 1.00 e. The molecule has 6 atom stereocenters. The molecular weight excluding hydrogens is 1710 g/mol. The van der Waals surface area contributed by atoms with E-state index in [0.29, 0.717) is 63.8 Å². The van der Waals surface area contributed by atoms with Crippen molar-refractivity contribution < 1.29 is 109 Å². The van der Waals surface area contributed by atoms with E-state index in [1.165, 1.54) is 80.6 Å². The zero-order chi connectivity index (χ0) is 93.3. The monoisotopic (exact) mass is 1840 g/mol. The smallest absolute Gasteiger partial charge is 1.00 e. The quantitative estimate of drug-likeness (QED) is 0.00854. The zero-order valence-electron chi connectivity index (χ0n) is 77.1. The molecule has 3 amide bonds. The van der Waals surface area contributed by atoms with Gasteiger partial charge in [-0.25, -0.2) is 22.8 Å². The summed E-state index contributed by atoms with van der Waals surface area (Å²) in [7, 11) is -2.14. The van der Waals surface area contributed by atoms with Gasteiger partial charge in [0, 0.05) is 99.8 Å². The van der Waals surface area contributed by atoms with Gasteiger partial charge in [-0.1, -0.05) is 219 Å². The number of aryl methyl sites for hydroxylation is 2. The number of Topliss-reactive ketones (excluding diaryl/α,β-unsaturated/α-hetero) is 1. The predicted octanol–water partition coefficient (Wildman–Crippen LogP) is 13.6. The van der Waals surface area contributed by atoms with Crippen molar-refractivity contribution >= 4 is 84.2 Å². The van der Waals surface area contributed by atoms with Gasteiger partial charge in [0.15, 0.2) is 23.1 Å². The molecule has 129 heavy (non-hydrogen) atoms. The fourth-order valence-electron chi connectivity index (χ4n) is 13.3. The van der Waals surface area contributed by atoms with Crippen molar-refractivity contribution in [3.63, 3.8) is 0 Å². The van der Waals surface area contributed by atoms with Gasteiger partial charge in [-0.2, -0.15) is 8.42 Å². The van der Waals surface area contributed by atoms with Gasteiger partial charge in [0.1, 0.15) is 22.9 Å². The van der Waals surface area contributed by atoms with Crippen LogP contribution in [0.3, 0.4) is 0 Å². The van der Waals surface area contributed by atoms with Gasteiger partial charge in [0.05, 0.1) is 34.7 Å². The van der Waals surface area contributed by atoms with Crippen LogP contribution in [0.2, 0.25) is 0 Å². The van der Waals surface area contributed by atoms with Crippen LogP contribution in [0.25, 0.3) is 0 Å². The fourth-order valence-corrected chi connectivity index (χ4v) is 15.1. The number of nitrogens with two attached hydrogens (primary N) is 1. The summed E-state index contributed by atoms with van der Waals surface area (Å²) in [4.78, 5) is 61.4. The minimum absolute atomic E-state index is 0. The Bertz CT molecular complexity index is 5050. The summed E-state index contributed by atoms with van der Waals surface area (Å²) in [6, 6.07) is 71.5. The molecule has 6 unspecified atom stereocenters. The number of fused-ring (bicyclic) bond motifs is 7. The molecule has 7 aliphatic rings. The topological polar surface area (TPSA) is 373 Å². The SMILES string of the molecule is CC(C)(C)OC(=O)NCCN.CC(C)(C)OC(=O)NCCNC1Cc2ccccc21.CC(C)(C)OC(=O)NCCOC1Cc2ccccc21.CCCNC1Cc2ccccc21.CCCOC1Cc2ccccc21.Cc1ccc(S(=O)(=O)Cl)cc1.Cc1ccc(S(=O)(=O)OC2Cc3ccccc32)cc1.O=C1Cc2ccccc21.O=CO.O=CO.OC1Cc2ccccc21.[AlH3].[H-].[Li+]. The zero-order valence-corrected chi connectivity index (χ0v) is 78.5. The first kappa shape index (κ1) is 112. The number of ether oxygens (including phenoxy) is 5. The van der Waals surface area contributed by atoms with Crippen LogP contribution in [0, 0.1) is 13.8 Å². The summed E-state index contributed by atoms with van der Waals surface area (Å²) in [5, 5.41) is 37.8. The first-order valence-electron chi connectivity index (χ1n) is 42.6. The fraction of sp³-hybridized carbons (Fsp3) is 0.394. The summed E-state index contributed by atoms with van der Waals surface area (Å²) >= 11 is 0. The Morgan fingerprint density at radius 2 is 0.775 bits per heavy atom. The summed E-state index contributed by atoms with van der Waals surface area (Å²) in [5.74, 6) is 0.283. The number of carboxylic acid groups (broad SMARTS) is 2. The minimum atomic E-state index is -3.68. The summed E-state index contributed by atoms with van der Waals surface area (Å²) in [6.45, 7) is 29.4. The maximum absolute atomic E-state index is 12.1. The molecule has 0 saturated carbocycles. The number of amides is 3. The van der Waals surface area contributed by atoms with Crippen molar-refractivity contribution in [2.24, 2.45) is 5.73 Å². The van der Waals surface area contributed by atoms with E-state index in [1.54, 1.807) is 36.4 Å². The van der Waals surface area contributed by atoms with Crippen molar-refractivity contribution in [2.75, 3.05) is 52.5 Å². The first-order valence-corrected chi connectivity index (χ1v) is 46.3. The Hall–Kier alpha value is -9.56. The molecule has 0 spiro atoms. The summed E-state index contributed by atoms with van der Waals surface area (Å²) in [6.07, 6.45) is 7.71. The van der Waals surface area contributed by atoms with Crippen LogP contribution in [0.15, 0.2) is 228 Å². The third-order valence-electron chi connectivity index (χ3n) is 19.7. The van der Waals surface area contributed by atoms with Crippen LogP contribution in [0.5, 0.6) is 0 Å². The standard InChI is InChI=1S/C15H22N2O2.C15H21NO3.C15H14O3S.C11H15N.C11H14O.C8H8O.C8H6O.C7H7ClO2S.C7H16N2O2.2CH2O2.Al.Li.4H/c1-15(2,3)19-14(18)17-9-8-16-13-10-11-6-4-5-7-12(11)13;1-15(2,3)19-14(17)16-8-9-18-13-10-11-6-4-5-7-12(11)13;1-11-6-8-13(9-7-11)19(16,17)18-15-10-12-4-2-3-5-14(12)15;2*1-2-7-12-11-8-9-5-3-4-6-10(9)11;2*9-8-5-6-3-1-2-4-7(6)8;1-6-2-4-7(5-3-6)11(8,9)10;1-7(2,3)11-6(10)9-5-4-8;2*2-1-3;;;;;;/h4-7,13,16H,8-10H2,1-3H3,(H,17,18);4-7,13H,8-10H2,1-3H3,(H,16,17);2-9,15H,10H2,1H3;3-6,11-12H,2,7-8H2,1H3;3-6,11H,2,7-8H2,1H3;1-4,8-9H,5H2;1-4H,5H2;2-5H,1H3;4-5,8H2,1-3H3,(H,9,10);2*1H,(H,2,3);;;;;;/q;;;;;;;;;;;;+1;;;;-1. The molecule has 0 fully saturated rings. The Morgan fingerprint density at radius 1 is 0.442 bits per heavy atom. The van der Waals surface area contributed by atoms with E-state index in [0.717, 1.165) is 85.2 Å². The molecule has 7 aliphatic carbocycles. The molecule has 25 nitrogen and oxygen atoms in total. The van der Waals surface area contributed by atoms with Crippen molar-refractivity contribution in [3.8, 4) is 0 Å². The molecule has 16 rings (SSSR count). The number of benzene rings is 9.